The van der Waals surface area contributed by atoms with Crippen LogP contribution in [0.3, 0.4) is 0 Å². The van der Waals surface area contributed by atoms with Crippen molar-refractivity contribution < 1.29 is 4.74 Å². The summed E-state index contributed by atoms with van der Waals surface area (Å²) in [6.07, 6.45) is 8.57. The van der Waals surface area contributed by atoms with Crippen LogP contribution in [0.5, 0.6) is 5.75 Å². The van der Waals surface area contributed by atoms with Crippen LogP contribution >= 0.6 is 0 Å². The molecule has 1 fully saturated rings. The van der Waals surface area contributed by atoms with Crippen molar-refractivity contribution in [3.05, 3.63) is 42.1 Å². The highest BCUT2D eigenvalue weighted by molar-refractivity contribution is 5.40. The summed E-state index contributed by atoms with van der Waals surface area (Å²) in [6, 6.07) is 9.30. The molecule has 2 aliphatic rings. The van der Waals surface area contributed by atoms with Gasteiger partial charge >= 0.3 is 0 Å². The fraction of sp³-hybridized carbons (Fsp3) is 0.529. The fourth-order valence-corrected chi connectivity index (χ4v) is 3.99. The second-order valence-electron chi connectivity index (χ2n) is 6.00. The first-order chi connectivity index (χ1) is 9.17. The Hall–Kier alpha value is -1.44. The molecule has 1 saturated carbocycles. The predicted octanol–water partition coefficient (Wildman–Crippen LogP) is 3.58. The van der Waals surface area contributed by atoms with Gasteiger partial charge in [-0.25, -0.2) is 0 Å². The van der Waals surface area contributed by atoms with E-state index in [4.69, 9.17) is 4.74 Å². The number of hydrogen-bond donors (Lipinski definition) is 0. The van der Waals surface area contributed by atoms with E-state index in [1.54, 1.807) is 7.11 Å². The number of fused-ring (bicyclic) bond motifs is 2. The Morgan fingerprint density at radius 3 is 3.00 bits per heavy atom. The van der Waals surface area contributed by atoms with E-state index in [9.17, 15) is 0 Å². The summed E-state index contributed by atoms with van der Waals surface area (Å²) >= 11 is 0. The van der Waals surface area contributed by atoms with Gasteiger partial charge in [0.1, 0.15) is 5.75 Å². The zero-order valence-electron chi connectivity index (χ0n) is 12.1. The molecule has 0 spiro atoms. The molecule has 1 aliphatic heterocycles. The smallest absolute Gasteiger partial charge is 0.119 e. The Balaban J connectivity index is 2.07. The molecule has 3 atom stereocenters. The van der Waals surface area contributed by atoms with Crippen LogP contribution in [0.4, 0.5) is 0 Å². The summed E-state index contributed by atoms with van der Waals surface area (Å²) in [6.45, 7) is 2.41. The van der Waals surface area contributed by atoms with Gasteiger partial charge in [-0.1, -0.05) is 31.6 Å². The molecule has 19 heavy (non-hydrogen) atoms. The van der Waals surface area contributed by atoms with Crippen LogP contribution in [0.1, 0.15) is 31.7 Å². The van der Waals surface area contributed by atoms with Gasteiger partial charge in [-0.05, 0) is 42.7 Å². The number of ether oxygens (including phenoxy) is 1. The first-order valence-electron chi connectivity index (χ1n) is 7.23. The van der Waals surface area contributed by atoms with Gasteiger partial charge in [0.2, 0.25) is 0 Å². The lowest BCUT2D eigenvalue weighted by atomic mass is 9.60. The highest BCUT2D eigenvalue weighted by Gasteiger charge is 2.45. The average molecular weight is 257 g/mol. The zero-order chi connectivity index (χ0) is 13.5. The largest absolute Gasteiger partial charge is 0.497 e. The second-order valence-corrected chi connectivity index (χ2v) is 6.00. The van der Waals surface area contributed by atoms with E-state index < -0.39 is 0 Å². The molecule has 1 aliphatic carbocycles. The zero-order valence-corrected chi connectivity index (χ0v) is 12.1. The maximum atomic E-state index is 5.40. The van der Waals surface area contributed by atoms with Gasteiger partial charge in [0.15, 0.2) is 0 Å². The summed E-state index contributed by atoms with van der Waals surface area (Å²) in [4.78, 5) is 2.39. The van der Waals surface area contributed by atoms with E-state index in [1.165, 1.54) is 24.8 Å². The van der Waals surface area contributed by atoms with Crippen molar-refractivity contribution in [3.63, 3.8) is 0 Å². The van der Waals surface area contributed by atoms with Gasteiger partial charge < -0.3 is 9.64 Å². The second kappa shape index (κ2) is 4.59. The Morgan fingerprint density at radius 2 is 2.21 bits per heavy atom. The van der Waals surface area contributed by atoms with Crippen molar-refractivity contribution in [1.29, 1.82) is 0 Å². The molecular weight excluding hydrogens is 234 g/mol. The third kappa shape index (κ3) is 1.85. The minimum Gasteiger partial charge on any atom is -0.497 e. The number of allylic oxidation sites excluding steroid dienone is 1. The Morgan fingerprint density at radius 1 is 1.37 bits per heavy atom. The Labute approximate surface area is 116 Å². The normalized spacial score (nSPS) is 33.3. The lowest BCUT2D eigenvalue weighted by Gasteiger charge is -2.51. The van der Waals surface area contributed by atoms with Crippen LogP contribution in [0.25, 0.3) is 0 Å². The maximum Gasteiger partial charge on any atom is 0.119 e. The molecule has 2 bridgehead atoms. The van der Waals surface area contributed by atoms with Gasteiger partial charge in [0, 0.05) is 18.5 Å². The van der Waals surface area contributed by atoms with E-state index in [0.29, 0.717) is 12.0 Å². The standard InChI is InChI=1S/C17H23NO/c1-13-16-8-5-9-17(13,10-11-18(16)2)14-6-4-7-15(12-14)19-3/h4,6-7,10-13,16H,5,8-9H2,1-3H3. The van der Waals surface area contributed by atoms with Crippen molar-refractivity contribution in [3.8, 4) is 5.75 Å². The van der Waals surface area contributed by atoms with Gasteiger partial charge in [-0.15, -0.1) is 0 Å². The summed E-state index contributed by atoms with van der Waals surface area (Å²) in [5, 5.41) is 0. The van der Waals surface area contributed by atoms with Crippen molar-refractivity contribution in [2.24, 2.45) is 5.92 Å². The van der Waals surface area contributed by atoms with Crippen LogP contribution in [0, 0.1) is 5.92 Å². The number of hydrogen-bond acceptors (Lipinski definition) is 2. The van der Waals surface area contributed by atoms with E-state index in [1.807, 2.05) is 6.07 Å². The molecule has 3 rings (SSSR count). The Kier molecular flexibility index (Phi) is 3.04. The number of nitrogens with zero attached hydrogens (tertiary/aromatic N) is 1. The molecule has 0 amide bonds. The van der Waals surface area contributed by atoms with Crippen LogP contribution < -0.4 is 4.74 Å². The molecule has 0 N–H and O–H groups in total. The molecule has 1 heterocycles. The molecule has 102 valence electrons. The van der Waals surface area contributed by atoms with Crippen molar-refractivity contribution in [1.82, 2.24) is 4.90 Å². The van der Waals surface area contributed by atoms with Crippen LogP contribution in [0.2, 0.25) is 0 Å². The SMILES string of the molecule is COc1cccc(C23C=CN(C)C(CCC2)C3C)c1. The molecule has 0 saturated heterocycles. The molecule has 0 radical (unpaired) electrons. The molecule has 2 nitrogen and oxygen atoms in total. The number of rotatable bonds is 2. The van der Waals surface area contributed by atoms with Gasteiger partial charge in [-0.2, -0.15) is 0 Å². The lowest BCUT2D eigenvalue weighted by molar-refractivity contribution is 0.105. The van der Waals surface area contributed by atoms with Crippen LogP contribution in [-0.4, -0.2) is 25.1 Å². The monoisotopic (exact) mass is 257 g/mol. The number of benzene rings is 1. The third-order valence-electron chi connectivity index (χ3n) is 5.22. The average Bonchev–Trinajstić information content (AvgIpc) is 2.44. The van der Waals surface area contributed by atoms with Crippen LogP contribution in [0.15, 0.2) is 36.5 Å². The lowest BCUT2D eigenvalue weighted by Crippen LogP contribution is -2.51. The Bertz CT molecular complexity index is 496. The molecule has 3 unspecified atom stereocenters. The predicted molar refractivity (Wildman–Crippen MR) is 78.4 cm³/mol. The van der Waals surface area contributed by atoms with Gasteiger partial charge in [0.05, 0.1) is 7.11 Å². The highest BCUT2D eigenvalue weighted by Crippen LogP contribution is 2.49. The molecule has 2 heteroatoms. The fourth-order valence-electron chi connectivity index (χ4n) is 3.99. The highest BCUT2D eigenvalue weighted by atomic mass is 16.5. The van der Waals surface area contributed by atoms with Crippen molar-refractivity contribution >= 4 is 0 Å². The number of methoxy groups -OCH3 is 1. The first kappa shape index (κ1) is 12.6. The topological polar surface area (TPSA) is 12.5 Å². The maximum absolute atomic E-state index is 5.40. The summed E-state index contributed by atoms with van der Waals surface area (Å²) in [5.74, 6) is 1.62. The summed E-state index contributed by atoms with van der Waals surface area (Å²) in [5.41, 5.74) is 1.61. The summed E-state index contributed by atoms with van der Waals surface area (Å²) in [7, 11) is 3.95. The van der Waals surface area contributed by atoms with E-state index >= 15 is 0 Å². The molecule has 1 aromatic carbocycles. The minimum absolute atomic E-state index is 0.198. The molecule has 0 aromatic heterocycles. The summed E-state index contributed by atoms with van der Waals surface area (Å²) < 4.78 is 5.40. The molecule has 1 aromatic rings. The quantitative estimate of drug-likeness (QED) is 0.803. The van der Waals surface area contributed by atoms with E-state index in [0.717, 1.165) is 5.75 Å². The van der Waals surface area contributed by atoms with Crippen molar-refractivity contribution in [2.45, 2.75) is 37.6 Å². The van der Waals surface area contributed by atoms with Crippen molar-refractivity contribution in [2.75, 3.05) is 14.2 Å². The molecular formula is C17H23NO. The van der Waals surface area contributed by atoms with E-state index in [-0.39, 0.29) is 5.41 Å². The van der Waals surface area contributed by atoms with Crippen LogP contribution in [-0.2, 0) is 5.41 Å². The third-order valence-corrected chi connectivity index (χ3v) is 5.22. The minimum atomic E-state index is 0.198. The van der Waals surface area contributed by atoms with Gasteiger partial charge in [-0.3, -0.25) is 0 Å². The first-order valence-corrected chi connectivity index (χ1v) is 7.23. The van der Waals surface area contributed by atoms with Gasteiger partial charge in [0.25, 0.3) is 0 Å². The van der Waals surface area contributed by atoms with E-state index in [2.05, 4.69) is 49.3 Å².